The van der Waals surface area contributed by atoms with Crippen LogP contribution in [-0.4, -0.2) is 31.5 Å². The second-order valence-electron chi connectivity index (χ2n) is 6.28. The molecular weight excluding hydrogens is 384 g/mol. The second kappa shape index (κ2) is 8.57. The molecule has 1 aromatic heterocycles. The van der Waals surface area contributed by atoms with Crippen molar-refractivity contribution in [2.45, 2.75) is 0 Å². The number of para-hydroxylation sites is 1. The van der Waals surface area contributed by atoms with Gasteiger partial charge in [0.2, 0.25) is 11.6 Å². The van der Waals surface area contributed by atoms with Crippen LogP contribution in [0.3, 0.4) is 0 Å². The quantitative estimate of drug-likeness (QED) is 0.418. The fourth-order valence-electron chi connectivity index (χ4n) is 2.96. The third-order valence-electron chi connectivity index (χ3n) is 4.43. The van der Waals surface area contributed by atoms with Gasteiger partial charge in [-0.3, -0.25) is 0 Å². The van der Waals surface area contributed by atoms with Gasteiger partial charge in [-0.1, -0.05) is 23.4 Å². The van der Waals surface area contributed by atoms with Crippen LogP contribution in [0.1, 0.15) is 0 Å². The Labute approximate surface area is 173 Å². The van der Waals surface area contributed by atoms with E-state index in [0.29, 0.717) is 34.5 Å². The average molecular weight is 404 g/mol. The molecule has 0 spiro atoms. The van der Waals surface area contributed by atoms with Gasteiger partial charge in [-0.15, -0.1) is 0 Å². The number of nitrogens with zero attached hydrogens (tertiary/aromatic N) is 2. The van der Waals surface area contributed by atoms with E-state index in [2.05, 4.69) is 10.1 Å². The molecule has 0 N–H and O–H groups in total. The lowest BCUT2D eigenvalue weighted by molar-refractivity contribution is 0.324. The molecular formula is C23H20N2O5. The van der Waals surface area contributed by atoms with Crippen LogP contribution in [-0.2, 0) is 0 Å². The van der Waals surface area contributed by atoms with Gasteiger partial charge in [0.25, 0.3) is 5.89 Å². The van der Waals surface area contributed by atoms with Crippen molar-refractivity contribution in [3.8, 4) is 51.6 Å². The van der Waals surface area contributed by atoms with Crippen LogP contribution in [0.5, 0.6) is 28.7 Å². The number of hydrogen-bond acceptors (Lipinski definition) is 7. The third kappa shape index (κ3) is 3.91. The fraction of sp³-hybridized carbons (Fsp3) is 0.130. The summed E-state index contributed by atoms with van der Waals surface area (Å²) in [5.41, 5.74) is 1.46. The van der Waals surface area contributed by atoms with Gasteiger partial charge in [0.05, 0.1) is 21.3 Å². The van der Waals surface area contributed by atoms with Gasteiger partial charge >= 0.3 is 0 Å². The molecule has 30 heavy (non-hydrogen) atoms. The summed E-state index contributed by atoms with van der Waals surface area (Å²) >= 11 is 0. The normalized spacial score (nSPS) is 10.5. The zero-order chi connectivity index (χ0) is 20.9. The zero-order valence-corrected chi connectivity index (χ0v) is 16.8. The molecule has 1 heterocycles. The molecule has 0 atom stereocenters. The first kappa shape index (κ1) is 19.3. The summed E-state index contributed by atoms with van der Waals surface area (Å²) in [7, 11) is 4.66. The molecule has 0 saturated heterocycles. The lowest BCUT2D eigenvalue weighted by Crippen LogP contribution is -1.95. The van der Waals surface area contributed by atoms with E-state index in [4.69, 9.17) is 23.5 Å². The summed E-state index contributed by atoms with van der Waals surface area (Å²) in [4.78, 5) is 4.50. The summed E-state index contributed by atoms with van der Waals surface area (Å²) in [5, 5.41) is 4.09. The van der Waals surface area contributed by atoms with Crippen LogP contribution in [0.15, 0.2) is 71.3 Å². The van der Waals surface area contributed by atoms with Crippen LogP contribution < -0.4 is 18.9 Å². The Balaban J connectivity index is 1.58. The third-order valence-corrected chi connectivity index (χ3v) is 4.43. The molecule has 0 aliphatic heterocycles. The maximum absolute atomic E-state index is 5.81. The van der Waals surface area contributed by atoms with Crippen molar-refractivity contribution in [3.63, 3.8) is 0 Å². The van der Waals surface area contributed by atoms with Crippen molar-refractivity contribution in [1.29, 1.82) is 0 Å². The van der Waals surface area contributed by atoms with E-state index in [-0.39, 0.29) is 0 Å². The Kier molecular flexibility index (Phi) is 5.52. The van der Waals surface area contributed by atoms with Crippen molar-refractivity contribution >= 4 is 0 Å². The molecule has 0 aliphatic carbocycles. The number of methoxy groups -OCH3 is 3. The molecule has 7 heteroatoms. The van der Waals surface area contributed by atoms with Crippen molar-refractivity contribution in [2.75, 3.05) is 21.3 Å². The second-order valence-corrected chi connectivity index (χ2v) is 6.28. The van der Waals surface area contributed by atoms with E-state index in [9.17, 15) is 0 Å². The Morgan fingerprint density at radius 3 is 1.93 bits per heavy atom. The summed E-state index contributed by atoms with van der Waals surface area (Å²) in [5.74, 6) is 3.81. The molecule has 0 aliphatic rings. The van der Waals surface area contributed by atoms with E-state index in [0.717, 1.165) is 17.1 Å². The molecule has 152 valence electrons. The van der Waals surface area contributed by atoms with Crippen molar-refractivity contribution in [1.82, 2.24) is 10.1 Å². The minimum atomic E-state index is 0.342. The predicted octanol–water partition coefficient (Wildman–Crippen LogP) is 5.22. The Hall–Kier alpha value is -4.00. The van der Waals surface area contributed by atoms with Gasteiger partial charge in [-0.05, 0) is 48.5 Å². The Morgan fingerprint density at radius 2 is 1.33 bits per heavy atom. The summed E-state index contributed by atoms with van der Waals surface area (Å²) in [6, 6.07) is 20.6. The first-order valence-corrected chi connectivity index (χ1v) is 9.19. The van der Waals surface area contributed by atoms with E-state index < -0.39 is 0 Å². The van der Waals surface area contributed by atoms with Crippen molar-refractivity contribution in [3.05, 3.63) is 66.7 Å². The van der Waals surface area contributed by atoms with Crippen LogP contribution in [0, 0.1) is 0 Å². The average Bonchev–Trinajstić information content (AvgIpc) is 3.29. The number of rotatable bonds is 7. The fourth-order valence-corrected chi connectivity index (χ4v) is 2.96. The molecule has 3 aromatic carbocycles. The van der Waals surface area contributed by atoms with Gasteiger partial charge in [0, 0.05) is 11.1 Å². The summed E-state index contributed by atoms with van der Waals surface area (Å²) < 4.78 is 27.4. The van der Waals surface area contributed by atoms with Gasteiger partial charge < -0.3 is 23.5 Å². The molecule has 0 radical (unpaired) electrons. The largest absolute Gasteiger partial charge is 0.493 e. The molecule has 4 aromatic rings. The number of benzene rings is 3. The maximum Gasteiger partial charge on any atom is 0.258 e. The predicted molar refractivity (Wildman–Crippen MR) is 111 cm³/mol. The smallest absolute Gasteiger partial charge is 0.258 e. The van der Waals surface area contributed by atoms with Crippen LogP contribution >= 0.6 is 0 Å². The highest BCUT2D eigenvalue weighted by molar-refractivity contribution is 5.67. The van der Waals surface area contributed by atoms with E-state index in [1.165, 1.54) is 0 Å². The van der Waals surface area contributed by atoms with E-state index >= 15 is 0 Å². The lowest BCUT2D eigenvalue weighted by Gasteiger charge is -2.12. The SMILES string of the molecule is COc1cc(-c2nc(-c3ccc(Oc4ccccc4)cc3)no2)cc(OC)c1OC. The summed E-state index contributed by atoms with van der Waals surface area (Å²) in [6.07, 6.45) is 0. The number of hydrogen-bond donors (Lipinski definition) is 0. The van der Waals surface area contributed by atoms with Gasteiger partial charge in [-0.25, -0.2) is 0 Å². The molecule has 0 unspecified atom stereocenters. The first-order valence-electron chi connectivity index (χ1n) is 9.19. The highest BCUT2D eigenvalue weighted by Gasteiger charge is 2.18. The van der Waals surface area contributed by atoms with Crippen LogP contribution in [0.4, 0.5) is 0 Å². The van der Waals surface area contributed by atoms with E-state index in [1.807, 2.05) is 54.6 Å². The Morgan fingerprint density at radius 1 is 0.700 bits per heavy atom. The monoisotopic (exact) mass is 404 g/mol. The molecule has 0 amide bonds. The number of aromatic nitrogens is 2. The van der Waals surface area contributed by atoms with Gasteiger partial charge in [-0.2, -0.15) is 4.98 Å². The number of ether oxygens (including phenoxy) is 4. The molecule has 7 nitrogen and oxygen atoms in total. The van der Waals surface area contributed by atoms with Crippen LogP contribution in [0.25, 0.3) is 22.8 Å². The van der Waals surface area contributed by atoms with Gasteiger partial charge in [0.15, 0.2) is 11.5 Å². The molecule has 0 saturated carbocycles. The van der Waals surface area contributed by atoms with Crippen LogP contribution in [0.2, 0.25) is 0 Å². The van der Waals surface area contributed by atoms with Gasteiger partial charge in [0.1, 0.15) is 11.5 Å². The zero-order valence-electron chi connectivity index (χ0n) is 16.8. The first-order chi connectivity index (χ1) is 14.7. The highest BCUT2D eigenvalue weighted by Crippen LogP contribution is 2.41. The van der Waals surface area contributed by atoms with Crippen molar-refractivity contribution < 1.29 is 23.5 Å². The molecule has 4 rings (SSSR count). The molecule has 0 bridgehead atoms. The minimum Gasteiger partial charge on any atom is -0.493 e. The van der Waals surface area contributed by atoms with E-state index in [1.54, 1.807) is 33.5 Å². The van der Waals surface area contributed by atoms with Crippen molar-refractivity contribution in [2.24, 2.45) is 0 Å². The highest BCUT2D eigenvalue weighted by atomic mass is 16.5. The Bertz CT molecular complexity index is 1100. The molecule has 0 fully saturated rings. The minimum absolute atomic E-state index is 0.342. The standard InChI is InChI=1S/C23H20N2O5/c1-26-19-13-16(14-20(27-2)21(19)28-3)23-24-22(25-30-23)15-9-11-18(12-10-15)29-17-7-5-4-6-8-17/h4-14H,1-3H3. The maximum atomic E-state index is 5.81. The topological polar surface area (TPSA) is 75.8 Å². The lowest BCUT2D eigenvalue weighted by atomic mass is 10.1. The summed E-state index contributed by atoms with van der Waals surface area (Å²) in [6.45, 7) is 0.